The lowest BCUT2D eigenvalue weighted by Crippen LogP contribution is -2.32. The normalized spacial score (nSPS) is 21.8. The second kappa shape index (κ2) is 5.73. The zero-order valence-corrected chi connectivity index (χ0v) is 13.9. The lowest BCUT2D eigenvalue weighted by atomic mass is 9.65. The van der Waals surface area contributed by atoms with Crippen molar-refractivity contribution in [3.8, 4) is 0 Å². The molecule has 1 heterocycles. The monoisotopic (exact) mass is 322 g/mol. The molecule has 1 aromatic carbocycles. The zero-order chi connectivity index (χ0) is 16.2. The number of nitrogens with zero attached hydrogens (tertiary/aromatic N) is 1. The summed E-state index contributed by atoms with van der Waals surface area (Å²) in [5, 5.41) is 7.66. The van der Waals surface area contributed by atoms with E-state index in [0.29, 0.717) is 12.2 Å². The van der Waals surface area contributed by atoms with Gasteiger partial charge in [0.05, 0.1) is 5.69 Å². The van der Waals surface area contributed by atoms with Gasteiger partial charge in [-0.05, 0) is 24.3 Å². The molecule has 0 bridgehead atoms. The van der Waals surface area contributed by atoms with Crippen LogP contribution >= 0.6 is 0 Å². The van der Waals surface area contributed by atoms with E-state index in [1.165, 1.54) is 16.7 Å². The van der Waals surface area contributed by atoms with E-state index in [1.54, 1.807) is 0 Å². The molecular weight excluding hydrogens is 296 g/mol. The van der Waals surface area contributed by atoms with Gasteiger partial charge in [-0.2, -0.15) is 5.10 Å². The second-order valence-electron chi connectivity index (χ2n) is 7.69. The number of fused-ring (bicyclic) bond motifs is 1. The van der Waals surface area contributed by atoms with Crippen molar-refractivity contribution < 1.29 is 4.79 Å². The maximum atomic E-state index is 13.0. The molecule has 1 N–H and O–H groups in total. The predicted molar refractivity (Wildman–Crippen MR) is 97.1 cm³/mol. The standard InChI is InChI=1S/C20H22N2O.CH4/c1-12-17-15(22-21-12)9-14-10-20(2,3)11-16(23)18(14)19(17)13-7-5-4-6-8-13;/h4-8,19H,9-11H2,1-3H3,(H,21,22);1H4. The van der Waals surface area contributed by atoms with Crippen LogP contribution in [0.15, 0.2) is 41.5 Å². The minimum Gasteiger partial charge on any atom is -0.294 e. The molecule has 0 radical (unpaired) electrons. The fraction of sp³-hybridized carbons (Fsp3) is 0.429. The van der Waals surface area contributed by atoms with E-state index in [0.717, 1.165) is 29.8 Å². The summed E-state index contributed by atoms with van der Waals surface area (Å²) in [4.78, 5) is 13.0. The van der Waals surface area contributed by atoms with Crippen molar-refractivity contribution in [2.45, 2.75) is 53.4 Å². The topological polar surface area (TPSA) is 45.8 Å². The van der Waals surface area contributed by atoms with Gasteiger partial charge in [0, 0.05) is 35.6 Å². The summed E-state index contributed by atoms with van der Waals surface area (Å²) in [7, 11) is 0. The number of hydrogen-bond acceptors (Lipinski definition) is 2. The highest BCUT2D eigenvalue weighted by molar-refractivity contribution is 6.00. The molecule has 1 aromatic heterocycles. The van der Waals surface area contributed by atoms with Crippen LogP contribution in [0.2, 0.25) is 0 Å². The largest absolute Gasteiger partial charge is 0.294 e. The number of aromatic nitrogens is 2. The molecule has 126 valence electrons. The van der Waals surface area contributed by atoms with Gasteiger partial charge < -0.3 is 0 Å². The van der Waals surface area contributed by atoms with Gasteiger partial charge in [0.1, 0.15) is 0 Å². The smallest absolute Gasteiger partial charge is 0.160 e. The van der Waals surface area contributed by atoms with E-state index >= 15 is 0 Å². The minimum absolute atomic E-state index is 0. The Morgan fingerprint density at radius 2 is 1.88 bits per heavy atom. The summed E-state index contributed by atoms with van der Waals surface area (Å²) in [5.41, 5.74) is 6.98. The Hall–Kier alpha value is -2.16. The first-order valence-corrected chi connectivity index (χ1v) is 8.30. The van der Waals surface area contributed by atoms with Gasteiger partial charge in [0.2, 0.25) is 0 Å². The van der Waals surface area contributed by atoms with Crippen molar-refractivity contribution in [1.82, 2.24) is 10.2 Å². The number of benzene rings is 1. The third kappa shape index (κ3) is 2.52. The van der Waals surface area contributed by atoms with Gasteiger partial charge in [0.25, 0.3) is 0 Å². The van der Waals surface area contributed by atoms with Crippen molar-refractivity contribution in [3.05, 3.63) is 64.0 Å². The number of hydrogen-bond donors (Lipinski definition) is 1. The molecule has 4 rings (SSSR count). The first kappa shape index (κ1) is 16.7. The Balaban J connectivity index is 0.00000169. The quantitative estimate of drug-likeness (QED) is 0.825. The number of aromatic amines is 1. The molecule has 2 aliphatic carbocycles. The van der Waals surface area contributed by atoms with E-state index in [4.69, 9.17) is 0 Å². The number of ketones is 1. The number of aryl methyl sites for hydroxylation is 1. The maximum absolute atomic E-state index is 13.0. The van der Waals surface area contributed by atoms with Crippen molar-refractivity contribution in [3.63, 3.8) is 0 Å². The first-order valence-electron chi connectivity index (χ1n) is 8.30. The Kier molecular flexibility index (Phi) is 3.98. The number of H-pyrrole nitrogens is 1. The van der Waals surface area contributed by atoms with Crippen LogP contribution in [0.4, 0.5) is 0 Å². The molecule has 1 atom stereocenters. The molecular formula is C21H26N2O. The summed E-state index contributed by atoms with van der Waals surface area (Å²) >= 11 is 0. The highest BCUT2D eigenvalue weighted by atomic mass is 16.1. The third-order valence-electron chi connectivity index (χ3n) is 5.18. The molecule has 0 aliphatic heterocycles. The number of rotatable bonds is 1. The van der Waals surface area contributed by atoms with Gasteiger partial charge >= 0.3 is 0 Å². The maximum Gasteiger partial charge on any atom is 0.160 e. The van der Waals surface area contributed by atoms with Crippen molar-refractivity contribution in [1.29, 1.82) is 0 Å². The number of carbonyl (C=O) groups is 1. The van der Waals surface area contributed by atoms with Crippen molar-refractivity contribution in [2.24, 2.45) is 5.41 Å². The lowest BCUT2D eigenvalue weighted by Gasteiger charge is -2.38. The van der Waals surface area contributed by atoms with Gasteiger partial charge in [-0.15, -0.1) is 0 Å². The molecule has 3 heteroatoms. The fourth-order valence-electron chi connectivity index (χ4n) is 4.32. The van der Waals surface area contributed by atoms with Crippen LogP contribution in [-0.2, 0) is 11.2 Å². The Morgan fingerprint density at radius 1 is 1.17 bits per heavy atom. The number of allylic oxidation sites excluding steroid dienone is 2. The second-order valence-corrected chi connectivity index (χ2v) is 7.69. The Morgan fingerprint density at radius 3 is 2.58 bits per heavy atom. The molecule has 2 aromatic rings. The summed E-state index contributed by atoms with van der Waals surface area (Å²) < 4.78 is 0. The van der Waals surface area contributed by atoms with Crippen LogP contribution in [0.3, 0.4) is 0 Å². The molecule has 1 unspecified atom stereocenters. The van der Waals surface area contributed by atoms with Crippen LogP contribution in [0, 0.1) is 12.3 Å². The van der Waals surface area contributed by atoms with Crippen molar-refractivity contribution in [2.75, 3.05) is 0 Å². The number of carbonyl (C=O) groups excluding carboxylic acids is 1. The highest BCUT2D eigenvalue weighted by Crippen LogP contribution is 2.49. The molecule has 0 saturated heterocycles. The predicted octanol–water partition coefficient (Wildman–Crippen LogP) is 4.73. The van der Waals surface area contributed by atoms with Gasteiger partial charge in [-0.3, -0.25) is 9.89 Å². The Labute approximate surface area is 144 Å². The number of Topliss-reactive ketones (excluding diaryl/α,β-unsaturated/α-hetero) is 1. The van der Waals surface area contributed by atoms with E-state index in [-0.39, 0.29) is 18.8 Å². The summed E-state index contributed by atoms with van der Waals surface area (Å²) in [5.74, 6) is 0.355. The van der Waals surface area contributed by atoms with E-state index in [1.807, 2.05) is 6.07 Å². The fourth-order valence-corrected chi connectivity index (χ4v) is 4.32. The van der Waals surface area contributed by atoms with E-state index < -0.39 is 0 Å². The van der Waals surface area contributed by atoms with E-state index in [2.05, 4.69) is 55.2 Å². The minimum atomic E-state index is 0. The van der Waals surface area contributed by atoms with Crippen molar-refractivity contribution >= 4 is 5.78 Å². The summed E-state index contributed by atoms with van der Waals surface area (Å²) in [6.07, 6.45) is 2.44. The van der Waals surface area contributed by atoms with E-state index in [9.17, 15) is 4.79 Å². The SMILES string of the molecule is C.Cc1[nH]nc2c1C(c1ccccc1)C1=C(C2)CC(C)(C)CC1=O. The molecule has 0 saturated carbocycles. The molecule has 24 heavy (non-hydrogen) atoms. The van der Waals surface area contributed by atoms with Gasteiger partial charge in [0.15, 0.2) is 5.78 Å². The molecule has 3 nitrogen and oxygen atoms in total. The average Bonchev–Trinajstić information content (AvgIpc) is 2.86. The van der Waals surface area contributed by atoms with Gasteiger partial charge in [-0.1, -0.05) is 57.2 Å². The highest BCUT2D eigenvalue weighted by Gasteiger charge is 2.41. The van der Waals surface area contributed by atoms with Crippen LogP contribution < -0.4 is 0 Å². The molecule has 2 aliphatic rings. The van der Waals surface area contributed by atoms with Gasteiger partial charge in [-0.25, -0.2) is 0 Å². The Bertz CT molecular complexity index is 812. The number of nitrogens with one attached hydrogen (secondary N) is 1. The molecule has 0 fully saturated rings. The molecule has 0 amide bonds. The zero-order valence-electron chi connectivity index (χ0n) is 13.9. The third-order valence-corrected chi connectivity index (χ3v) is 5.18. The lowest BCUT2D eigenvalue weighted by molar-refractivity contribution is -0.118. The molecule has 0 spiro atoms. The van der Waals surface area contributed by atoms with Crippen LogP contribution in [0.1, 0.15) is 62.5 Å². The first-order chi connectivity index (χ1) is 11.0. The summed E-state index contributed by atoms with van der Waals surface area (Å²) in [6, 6.07) is 10.4. The summed E-state index contributed by atoms with van der Waals surface area (Å²) in [6.45, 7) is 6.44. The van der Waals surface area contributed by atoms with Crippen LogP contribution in [0.25, 0.3) is 0 Å². The van der Waals surface area contributed by atoms with Crippen LogP contribution in [0.5, 0.6) is 0 Å². The average molecular weight is 322 g/mol. The van der Waals surface area contributed by atoms with Crippen LogP contribution in [-0.4, -0.2) is 16.0 Å².